The molecule has 0 fully saturated rings. The summed E-state index contributed by atoms with van der Waals surface area (Å²) in [6, 6.07) is 16.1. The highest BCUT2D eigenvalue weighted by molar-refractivity contribution is 7.21. The van der Waals surface area contributed by atoms with E-state index in [1.807, 2.05) is 42.5 Å². The summed E-state index contributed by atoms with van der Waals surface area (Å²) in [5.74, 6) is 0.843. The highest BCUT2D eigenvalue weighted by atomic mass is 32.1. The predicted molar refractivity (Wildman–Crippen MR) is 79.6 cm³/mol. The predicted octanol–water partition coefficient (Wildman–Crippen LogP) is 3.30. The Kier molecular flexibility index (Phi) is 3.44. The highest BCUT2D eigenvalue weighted by Gasteiger charge is 2.05. The van der Waals surface area contributed by atoms with E-state index in [4.69, 9.17) is 10.5 Å². The third kappa shape index (κ3) is 2.59. The smallest absolute Gasteiger partial charge is 0.124 e. The van der Waals surface area contributed by atoms with E-state index in [2.05, 4.69) is 11.1 Å². The molecule has 0 unspecified atom stereocenters. The van der Waals surface area contributed by atoms with E-state index < -0.39 is 0 Å². The van der Waals surface area contributed by atoms with E-state index in [0.717, 1.165) is 21.8 Å². The van der Waals surface area contributed by atoms with Crippen LogP contribution in [0.1, 0.15) is 0 Å². The average Bonchev–Trinajstić information content (AvgIpc) is 2.89. The monoisotopic (exact) mass is 270 g/mol. The molecule has 1 aromatic heterocycles. The number of nitrogens with two attached hydrogens (primary N) is 1. The molecule has 0 aliphatic rings. The normalized spacial score (nSPS) is 10.8. The van der Waals surface area contributed by atoms with Gasteiger partial charge in [0.05, 0.1) is 10.2 Å². The standard InChI is InChI=1S/C15H14N2OS/c16-9-10-18-12-7-5-11(6-8-12)15-17-13-3-1-2-4-14(13)19-15/h1-8H,9-10,16H2. The van der Waals surface area contributed by atoms with Crippen LogP contribution >= 0.6 is 11.3 Å². The molecular formula is C15H14N2OS. The summed E-state index contributed by atoms with van der Waals surface area (Å²) in [5.41, 5.74) is 7.57. The van der Waals surface area contributed by atoms with Crippen molar-refractivity contribution >= 4 is 21.6 Å². The van der Waals surface area contributed by atoms with Gasteiger partial charge in [0.15, 0.2) is 0 Å². The summed E-state index contributed by atoms with van der Waals surface area (Å²) in [5, 5.41) is 1.03. The van der Waals surface area contributed by atoms with E-state index in [0.29, 0.717) is 13.2 Å². The summed E-state index contributed by atoms with van der Waals surface area (Å²) in [4.78, 5) is 4.63. The SMILES string of the molecule is NCCOc1ccc(-c2nc3ccccc3s2)cc1. The van der Waals surface area contributed by atoms with Crippen molar-refractivity contribution in [2.75, 3.05) is 13.2 Å². The molecule has 0 saturated carbocycles. The van der Waals surface area contributed by atoms with Crippen molar-refractivity contribution in [2.24, 2.45) is 5.73 Å². The Morgan fingerprint density at radius 1 is 1.05 bits per heavy atom. The summed E-state index contributed by atoms with van der Waals surface area (Å²) in [7, 11) is 0. The topological polar surface area (TPSA) is 48.1 Å². The first-order valence-corrected chi connectivity index (χ1v) is 6.97. The number of hydrogen-bond donors (Lipinski definition) is 1. The Balaban J connectivity index is 1.88. The summed E-state index contributed by atoms with van der Waals surface area (Å²) in [6.07, 6.45) is 0. The maximum atomic E-state index is 5.46. The number of thiazole rings is 1. The molecule has 19 heavy (non-hydrogen) atoms. The number of fused-ring (bicyclic) bond motifs is 1. The van der Waals surface area contributed by atoms with Crippen molar-refractivity contribution in [3.8, 4) is 16.3 Å². The minimum absolute atomic E-state index is 0.527. The Morgan fingerprint density at radius 2 is 1.84 bits per heavy atom. The van der Waals surface area contributed by atoms with Gasteiger partial charge < -0.3 is 10.5 Å². The molecule has 0 atom stereocenters. The molecule has 2 aromatic carbocycles. The van der Waals surface area contributed by atoms with Crippen LogP contribution in [0.15, 0.2) is 48.5 Å². The van der Waals surface area contributed by atoms with Gasteiger partial charge in [-0.3, -0.25) is 0 Å². The Morgan fingerprint density at radius 3 is 2.58 bits per heavy atom. The second kappa shape index (κ2) is 5.38. The largest absolute Gasteiger partial charge is 0.492 e. The Labute approximate surface area is 115 Å². The first-order valence-electron chi connectivity index (χ1n) is 6.16. The first-order chi connectivity index (χ1) is 9.36. The fraction of sp³-hybridized carbons (Fsp3) is 0.133. The third-order valence-corrected chi connectivity index (χ3v) is 3.87. The molecule has 0 aliphatic carbocycles. The number of rotatable bonds is 4. The van der Waals surface area contributed by atoms with Crippen LogP contribution in [0.4, 0.5) is 0 Å². The van der Waals surface area contributed by atoms with Crippen molar-refractivity contribution in [2.45, 2.75) is 0 Å². The molecule has 96 valence electrons. The molecule has 3 aromatic rings. The minimum atomic E-state index is 0.527. The minimum Gasteiger partial charge on any atom is -0.492 e. The zero-order valence-electron chi connectivity index (χ0n) is 10.4. The van der Waals surface area contributed by atoms with Gasteiger partial charge in [-0.2, -0.15) is 0 Å². The summed E-state index contributed by atoms with van der Waals surface area (Å²) in [6.45, 7) is 1.07. The lowest BCUT2D eigenvalue weighted by Gasteiger charge is -2.04. The van der Waals surface area contributed by atoms with Crippen LogP contribution in [0.2, 0.25) is 0 Å². The number of nitrogens with zero attached hydrogens (tertiary/aromatic N) is 1. The van der Waals surface area contributed by atoms with E-state index in [-0.39, 0.29) is 0 Å². The van der Waals surface area contributed by atoms with Gasteiger partial charge in [0.2, 0.25) is 0 Å². The van der Waals surface area contributed by atoms with Gasteiger partial charge in [-0.1, -0.05) is 12.1 Å². The molecule has 0 amide bonds. The van der Waals surface area contributed by atoms with Crippen LogP contribution in [-0.2, 0) is 0 Å². The maximum Gasteiger partial charge on any atom is 0.124 e. The zero-order chi connectivity index (χ0) is 13.1. The number of para-hydroxylation sites is 1. The van der Waals surface area contributed by atoms with Gasteiger partial charge in [-0.15, -0.1) is 11.3 Å². The van der Waals surface area contributed by atoms with E-state index in [1.165, 1.54) is 4.70 Å². The van der Waals surface area contributed by atoms with Gasteiger partial charge in [-0.05, 0) is 36.4 Å². The van der Waals surface area contributed by atoms with Crippen LogP contribution in [0, 0.1) is 0 Å². The zero-order valence-corrected chi connectivity index (χ0v) is 11.2. The van der Waals surface area contributed by atoms with Crippen molar-refractivity contribution in [1.82, 2.24) is 4.98 Å². The molecule has 3 nitrogen and oxygen atoms in total. The molecule has 0 bridgehead atoms. The van der Waals surface area contributed by atoms with Gasteiger partial charge in [0.1, 0.15) is 17.4 Å². The van der Waals surface area contributed by atoms with Crippen LogP contribution < -0.4 is 10.5 Å². The first kappa shape index (κ1) is 12.1. The molecule has 0 radical (unpaired) electrons. The molecule has 3 rings (SSSR count). The second-order valence-electron chi connectivity index (χ2n) is 4.15. The summed E-state index contributed by atoms with van der Waals surface area (Å²) >= 11 is 1.70. The van der Waals surface area contributed by atoms with Gasteiger partial charge in [-0.25, -0.2) is 4.98 Å². The van der Waals surface area contributed by atoms with Crippen molar-refractivity contribution in [3.63, 3.8) is 0 Å². The van der Waals surface area contributed by atoms with Crippen molar-refractivity contribution in [3.05, 3.63) is 48.5 Å². The highest BCUT2D eigenvalue weighted by Crippen LogP contribution is 2.30. The van der Waals surface area contributed by atoms with Crippen LogP contribution in [-0.4, -0.2) is 18.1 Å². The molecule has 2 N–H and O–H groups in total. The van der Waals surface area contributed by atoms with Crippen molar-refractivity contribution < 1.29 is 4.74 Å². The second-order valence-corrected chi connectivity index (χ2v) is 5.18. The molecule has 0 spiro atoms. The van der Waals surface area contributed by atoms with E-state index >= 15 is 0 Å². The fourth-order valence-electron chi connectivity index (χ4n) is 1.87. The lowest BCUT2D eigenvalue weighted by Crippen LogP contribution is -2.10. The van der Waals surface area contributed by atoms with E-state index in [1.54, 1.807) is 11.3 Å². The maximum absolute atomic E-state index is 5.46. The van der Waals surface area contributed by atoms with E-state index in [9.17, 15) is 0 Å². The fourth-order valence-corrected chi connectivity index (χ4v) is 2.84. The number of benzene rings is 2. The number of hydrogen-bond acceptors (Lipinski definition) is 4. The van der Waals surface area contributed by atoms with Gasteiger partial charge in [0.25, 0.3) is 0 Å². The molecule has 0 saturated heterocycles. The average molecular weight is 270 g/mol. The molecular weight excluding hydrogens is 256 g/mol. The molecule has 0 aliphatic heterocycles. The lowest BCUT2D eigenvalue weighted by molar-refractivity contribution is 0.328. The number of aromatic nitrogens is 1. The van der Waals surface area contributed by atoms with Crippen molar-refractivity contribution in [1.29, 1.82) is 0 Å². The molecule has 4 heteroatoms. The molecule has 1 heterocycles. The third-order valence-electron chi connectivity index (χ3n) is 2.78. The van der Waals surface area contributed by atoms with Crippen LogP contribution in [0.25, 0.3) is 20.8 Å². The quantitative estimate of drug-likeness (QED) is 0.791. The van der Waals surface area contributed by atoms with Crippen LogP contribution in [0.5, 0.6) is 5.75 Å². The Hall–Kier alpha value is -1.91. The van der Waals surface area contributed by atoms with Gasteiger partial charge >= 0.3 is 0 Å². The Bertz CT molecular complexity index is 643. The number of ether oxygens (including phenoxy) is 1. The van der Waals surface area contributed by atoms with Crippen LogP contribution in [0.3, 0.4) is 0 Å². The van der Waals surface area contributed by atoms with Gasteiger partial charge in [0, 0.05) is 12.1 Å². The lowest BCUT2D eigenvalue weighted by atomic mass is 10.2. The summed E-state index contributed by atoms with van der Waals surface area (Å²) < 4.78 is 6.67.